The lowest BCUT2D eigenvalue weighted by Gasteiger charge is -2.43. The van der Waals surface area contributed by atoms with Gasteiger partial charge in [0.1, 0.15) is 0 Å². The van der Waals surface area contributed by atoms with E-state index < -0.39 is 0 Å². The van der Waals surface area contributed by atoms with Crippen molar-refractivity contribution in [2.24, 2.45) is 11.8 Å². The zero-order valence-corrected chi connectivity index (χ0v) is 14.1. The highest BCUT2D eigenvalue weighted by molar-refractivity contribution is 6.06. The molecule has 0 saturated carbocycles. The van der Waals surface area contributed by atoms with Crippen molar-refractivity contribution in [3.63, 3.8) is 0 Å². The van der Waals surface area contributed by atoms with Crippen LogP contribution >= 0.6 is 0 Å². The molecule has 1 aliphatic carbocycles. The molecule has 0 bridgehead atoms. The largest absolute Gasteiger partial charge is 0.454 e. The van der Waals surface area contributed by atoms with Crippen LogP contribution < -0.4 is 9.47 Å². The number of fused-ring (bicyclic) bond motifs is 2. The number of nitrogens with zero attached hydrogens (tertiary/aromatic N) is 2. The number of amides is 3. The van der Waals surface area contributed by atoms with E-state index in [0.717, 1.165) is 0 Å². The first-order valence-electron chi connectivity index (χ1n) is 8.84. The summed E-state index contributed by atoms with van der Waals surface area (Å²) in [5, 5.41) is 0. The van der Waals surface area contributed by atoms with Crippen molar-refractivity contribution in [2.75, 3.05) is 19.9 Å². The molecule has 4 aliphatic rings. The molecule has 0 aromatic heterocycles. The topological polar surface area (TPSA) is 76.2 Å². The van der Waals surface area contributed by atoms with Gasteiger partial charge in [-0.05, 0) is 31.0 Å². The summed E-state index contributed by atoms with van der Waals surface area (Å²) in [5.74, 6) is 0.478. The van der Waals surface area contributed by atoms with Gasteiger partial charge in [-0.3, -0.25) is 19.3 Å². The zero-order chi connectivity index (χ0) is 17.8. The van der Waals surface area contributed by atoms with Gasteiger partial charge in [-0.1, -0.05) is 12.2 Å². The Kier molecular flexibility index (Phi) is 3.32. The van der Waals surface area contributed by atoms with Gasteiger partial charge in [0.2, 0.25) is 18.6 Å². The van der Waals surface area contributed by atoms with Crippen LogP contribution in [0.25, 0.3) is 0 Å². The number of hydrogen-bond donors (Lipinski definition) is 0. The number of ether oxygens (including phenoxy) is 2. The van der Waals surface area contributed by atoms with E-state index in [4.69, 9.17) is 9.47 Å². The molecule has 3 aliphatic heterocycles. The monoisotopic (exact) mass is 354 g/mol. The fraction of sp³-hybridized carbons (Fsp3) is 0.421. The lowest BCUT2D eigenvalue weighted by Crippen LogP contribution is -2.62. The van der Waals surface area contributed by atoms with Crippen LogP contribution in [0.3, 0.4) is 0 Å². The zero-order valence-electron chi connectivity index (χ0n) is 14.1. The number of benzene rings is 1. The van der Waals surface area contributed by atoms with Gasteiger partial charge in [-0.25, -0.2) is 0 Å². The summed E-state index contributed by atoms with van der Waals surface area (Å²) in [5.41, 5.74) is 0.518. The quantitative estimate of drug-likeness (QED) is 0.589. The van der Waals surface area contributed by atoms with Crippen LogP contribution in [0.5, 0.6) is 11.5 Å². The van der Waals surface area contributed by atoms with Crippen molar-refractivity contribution in [1.29, 1.82) is 0 Å². The van der Waals surface area contributed by atoms with Crippen LogP contribution in [0.2, 0.25) is 0 Å². The summed E-state index contributed by atoms with van der Waals surface area (Å²) in [6.45, 7) is 0.935. The van der Waals surface area contributed by atoms with E-state index >= 15 is 0 Å². The van der Waals surface area contributed by atoms with Gasteiger partial charge < -0.3 is 14.4 Å². The summed E-state index contributed by atoms with van der Waals surface area (Å²) < 4.78 is 10.6. The van der Waals surface area contributed by atoms with Gasteiger partial charge >= 0.3 is 0 Å². The summed E-state index contributed by atoms with van der Waals surface area (Å²) >= 11 is 0. The minimum Gasteiger partial charge on any atom is -0.454 e. The molecule has 134 valence electrons. The Bertz CT molecular complexity index is 816. The highest BCUT2D eigenvalue weighted by Gasteiger charge is 2.52. The Morgan fingerprint density at radius 2 is 1.62 bits per heavy atom. The lowest BCUT2D eigenvalue weighted by molar-refractivity contribution is -0.145. The molecular formula is C19H18N2O5. The summed E-state index contributed by atoms with van der Waals surface area (Å²) in [6, 6.07) is 4.89. The molecule has 0 N–H and O–H groups in total. The normalized spacial score (nSPS) is 26.9. The van der Waals surface area contributed by atoms with Gasteiger partial charge in [-0.15, -0.1) is 0 Å². The van der Waals surface area contributed by atoms with Gasteiger partial charge in [0.25, 0.3) is 5.91 Å². The van der Waals surface area contributed by atoms with Crippen LogP contribution in [0.15, 0.2) is 30.4 Å². The molecule has 0 radical (unpaired) electrons. The van der Waals surface area contributed by atoms with Crippen LogP contribution in [-0.4, -0.2) is 53.4 Å². The number of carbonyl (C=O) groups excluding carboxylic acids is 3. The highest BCUT2D eigenvalue weighted by Crippen LogP contribution is 2.38. The summed E-state index contributed by atoms with van der Waals surface area (Å²) in [6.07, 6.45) is 5.23. The molecule has 7 heteroatoms. The maximum Gasteiger partial charge on any atom is 0.254 e. The second kappa shape index (κ2) is 5.59. The third-order valence-electron chi connectivity index (χ3n) is 5.68. The van der Waals surface area contributed by atoms with E-state index in [1.54, 1.807) is 23.1 Å². The fourth-order valence-corrected chi connectivity index (χ4v) is 4.18. The minimum absolute atomic E-state index is 0.0791. The van der Waals surface area contributed by atoms with Crippen LogP contribution in [0.4, 0.5) is 0 Å². The SMILES string of the molecule is O=C(c1ccc2c(c1)OCO2)N1CC(N2C(=O)[C@H]3CC=CC[C@@H]3C2=O)C1. The highest BCUT2D eigenvalue weighted by atomic mass is 16.7. The number of hydrogen-bond acceptors (Lipinski definition) is 5. The first-order valence-corrected chi connectivity index (χ1v) is 8.84. The van der Waals surface area contributed by atoms with Crippen molar-refractivity contribution >= 4 is 17.7 Å². The van der Waals surface area contributed by atoms with E-state index in [-0.39, 0.29) is 42.4 Å². The summed E-state index contributed by atoms with van der Waals surface area (Å²) in [4.78, 5) is 40.9. The minimum atomic E-state index is -0.217. The molecule has 2 atom stereocenters. The van der Waals surface area contributed by atoms with E-state index in [1.165, 1.54) is 4.90 Å². The molecular weight excluding hydrogens is 336 g/mol. The Morgan fingerprint density at radius 3 is 2.31 bits per heavy atom. The van der Waals surface area contributed by atoms with Crippen LogP contribution in [-0.2, 0) is 9.59 Å². The fourth-order valence-electron chi connectivity index (χ4n) is 4.18. The van der Waals surface area contributed by atoms with E-state index in [1.807, 2.05) is 12.2 Å². The summed E-state index contributed by atoms with van der Waals surface area (Å²) in [7, 11) is 0. The molecule has 7 nitrogen and oxygen atoms in total. The van der Waals surface area contributed by atoms with Gasteiger partial charge in [0.05, 0.1) is 17.9 Å². The number of likely N-dealkylation sites (tertiary alicyclic amines) is 2. The van der Waals surface area contributed by atoms with Crippen LogP contribution in [0, 0.1) is 11.8 Å². The molecule has 2 fully saturated rings. The molecule has 0 unspecified atom stereocenters. The molecule has 26 heavy (non-hydrogen) atoms. The maximum absolute atomic E-state index is 12.6. The number of allylic oxidation sites excluding steroid dienone is 2. The Balaban J connectivity index is 1.27. The molecule has 3 heterocycles. The third-order valence-corrected chi connectivity index (χ3v) is 5.68. The van der Waals surface area contributed by atoms with E-state index in [9.17, 15) is 14.4 Å². The first-order chi connectivity index (χ1) is 12.6. The molecule has 1 aromatic rings. The number of rotatable bonds is 2. The Morgan fingerprint density at radius 1 is 0.962 bits per heavy atom. The average molecular weight is 354 g/mol. The first kappa shape index (κ1) is 15.4. The van der Waals surface area contributed by atoms with Gasteiger partial charge in [0, 0.05) is 18.7 Å². The predicted octanol–water partition coefficient (Wildman–Crippen LogP) is 1.19. The Labute approximate surface area is 150 Å². The Hall–Kier alpha value is -2.83. The number of carbonyl (C=O) groups is 3. The van der Waals surface area contributed by atoms with E-state index in [2.05, 4.69) is 0 Å². The van der Waals surface area contributed by atoms with Crippen molar-refractivity contribution < 1.29 is 23.9 Å². The average Bonchev–Trinajstić information content (AvgIpc) is 3.18. The predicted molar refractivity (Wildman–Crippen MR) is 89.5 cm³/mol. The second-order valence-corrected chi connectivity index (χ2v) is 7.13. The molecule has 3 amide bonds. The standard InChI is InChI=1S/C19H18N2O5/c22-17(11-5-6-15-16(7-11)26-10-25-15)20-8-12(9-20)21-18(23)13-3-1-2-4-14(13)19(21)24/h1-2,5-7,12-14H,3-4,8-10H2/t13-,14-/m0/s1. The molecule has 1 aromatic carbocycles. The van der Waals surface area contributed by atoms with Crippen molar-refractivity contribution in [3.8, 4) is 11.5 Å². The smallest absolute Gasteiger partial charge is 0.254 e. The van der Waals surface area contributed by atoms with Gasteiger partial charge in [0.15, 0.2) is 11.5 Å². The second-order valence-electron chi connectivity index (χ2n) is 7.13. The van der Waals surface area contributed by atoms with Crippen LogP contribution in [0.1, 0.15) is 23.2 Å². The maximum atomic E-state index is 12.6. The number of imide groups is 1. The van der Waals surface area contributed by atoms with Crippen molar-refractivity contribution in [1.82, 2.24) is 9.80 Å². The molecule has 5 rings (SSSR count). The van der Waals surface area contributed by atoms with Crippen molar-refractivity contribution in [3.05, 3.63) is 35.9 Å². The van der Waals surface area contributed by atoms with Crippen molar-refractivity contribution in [2.45, 2.75) is 18.9 Å². The molecule has 0 spiro atoms. The van der Waals surface area contributed by atoms with E-state index in [0.29, 0.717) is 43.0 Å². The van der Waals surface area contributed by atoms with Gasteiger partial charge in [-0.2, -0.15) is 0 Å². The lowest BCUT2D eigenvalue weighted by atomic mass is 9.85. The third kappa shape index (κ3) is 2.16. The molecule has 2 saturated heterocycles.